The van der Waals surface area contributed by atoms with Gasteiger partial charge in [0, 0.05) is 11.9 Å². The van der Waals surface area contributed by atoms with Crippen LogP contribution in [0.1, 0.15) is 11.1 Å². The molecule has 1 rings (SSSR count). The van der Waals surface area contributed by atoms with E-state index in [0.717, 1.165) is 18.0 Å². The van der Waals surface area contributed by atoms with Crippen LogP contribution >= 0.6 is 11.6 Å². The molecule has 1 aromatic rings. The summed E-state index contributed by atoms with van der Waals surface area (Å²) in [6.07, 6.45) is 0.911. The highest BCUT2D eigenvalue weighted by Gasteiger charge is 2.49. The molecule has 0 saturated heterocycles. The van der Waals surface area contributed by atoms with Crippen molar-refractivity contribution in [1.29, 1.82) is 0 Å². The van der Waals surface area contributed by atoms with Gasteiger partial charge in [-0.1, -0.05) is 24.3 Å². The summed E-state index contributed by atoms with van der Waals surface area (Å²) in [5, 5.41) is 0. The molecule has 0 atom stereocenters. The molecular formula is C18H37ClO3Si4. The molecule has 3 nitrogen and oxygen atoms in total. The average molecular weight is 449 g/mol. The van der Waals surface area contributed by atoms with Crippen LogP contribution < -0.4 is 0 Å². The van der Waals surface area contributed by atoms with Gasteiger partial charge in [0.2, 0.25) is 0 Å². The maximum absolute atomic E-state index is 6.73. The fourth-order valence-electron chi connectivity index (χ4n) is 2.71. The van der Waals surface area contributed by atoms with Gasteiger partial charge in [-0.3, -0.25) is 0 Å². The number of hydrogen-bond acceptors (Lipinski definition) is 3. The lowest BCUT2D eigenvalue weighted by Crippen LogP contribution is -2.60. The van der Waals surface area contributed by atoms with E-state index in [0.29, 0.717) is 5.88 Å². The predicted molar refractivity (Wildman–Crippen MR) is 124 cm³/mol. The van der Waals surface area contributed by atoms with Crippen molar-refractivity contribution in [2.75, 3.05) is 0 Å². The topological polar surface area (TPSA) is 27.7 Å². The highest BCUT2D eigenvalue weighted by Crippen LogP contribution is 2.30. The lowest BCUT2D eigenvalue weighted by atomic mass is 10.1. The Bertz CT molecular complexity index is 519. The molecule has 0 aliphatic carbocycles. The SMILES string of the molecule is C[Si](C)(C)O[Si](CCc1ccc(CCl)cc1)(O[Si](C)(C)C)O[Si](C)(C)C. The van der Waals surface area contributed by atoms with Crippen LogP contribution in [0, 0.1) is 0 Å². The highest BCUT2D eigenvalue weighted by molar-refractivity contribution is 6.90. The summed E-state index contributed by atoms with van der Waals surface area (Å²) in [6, 6.07) is 9.36. The van der Waals surface area contributed by atoms with Crippen LogP contribution in [0.15, 0.2) is 24.3 Å². The summed E-state index contributed by atoms with van der Waals surface area (Å²) in [5.41, 5.74) is 2.43. The molecule has 1 aromatic carbocycles. The van der Waals surface area contributed by atoms with Crippen LogP contribution in [0.25, 0.3) is 0 Å². The molecule has 26 heavy (non-hydrogen) atoms. The minimum Gasteiger partial charge on any atom is -0.417 e. The summed E-state index contributed by atoms with van der Waals surface area (Å²) in [4.78, 5) is 0. The first-order chi connectivity index (χ1) is 11.6. The fraction of sp³-hybridized carbons (Fsp3) is 0.667. The largest absolute Gasteiger partial charge is 0.469 e. The molecule has 0 N–H and O–H groups in total. The van der Waals surface area contributed by atoms with Crippen LogP contribution in [-0.4, -0.2) is 33.8 Å². The van der Waals surface area contributed by atoms with Crippen molar-refractivity contribution in [3.8, 4) is 0 Å². The maximum Gasteiger partial charge on any atom is 0.469 e. The Morgan fingerprint density at radius 2 is 1.00 bits per heavy atom. The van der Waals surface area contributed by atoms with E-state index in [1.165, 1.54) is 5.56 Å². The minimum absolute atomic E-state index is 0.551. The van der Waals surface area contributed by atoms with Crippen LogP contribution in [0.4, 0.5) is 0 Å². The predicted octanol–water partition coefficient (Wildman–Crippen LogP) is 6.46. The van der Waals surface area contributed by atoms with Crippen molar-refractivity contribution in [2.45, 2.75) is 77.3 Å². The second kappa shape index (κ2) is 9.17. The molecule has 0 unspecified atom stereocenters. The summed E-state index contributed by atoms with van der Waals surface area (Å²) >= 11 is 5.91. The fourth-order valence-corrected chi connectivity index (χ4v) is 17.5. The van der Waals surface area contributed by atoms with Crippen molar-refractivity contribution in [2.24, 2.45) is 0 Å². The molecule has 0 aromatic heterocycles. The first-order valence-corrected chi connectivity index (χ1v) is 22.1. The molecule has 0 radical (unpaired) electrons. The molecule has 150 valence electrons. The first kappa shape index (κ1) is 24.3. The zero-order chi connectivity index (χ0) is 20.2. The van der Waals surface area contributed by atoms with E-state index in [-0.39, 0.29) is 0 Å². The van der Waals surface area contributed by atoms with E-state index in [2.05, 4.69) is 83.2 Å². The standard InChI is InChI=1S/C18H37ClO3Si4/c1-23(2,3)20-26(21-24(4,5)6,22-25(7,8)9)15-14-17-10-12-18(16-19)13-11-17/h10-13H,14-16H2,1-9H3. The Hall–Kier alpha value is 0.258. The van der Waals surface area contributed by atoms with E-state index in [4.69, 9.17) is 23.9 Å². The first-order valence-electron chi connectivity index (χ1n) is 9.37. The average Bonchev–Trinajstić information content (AvgIpc) is 2.40. The third-order valence-corrected chi connectivity index (χ3v) is 15.5. The molecule has 0 aliphatic rings. The number of halogens is 1. The van der Waals surface area contributed by atoms with Gasteiger partial charge in [0.05, 0.1) is 0 Å². The van der Waals surface area contributed by atoms with Crippen molar-refractivity contribution in [1.82, 2.24) is 0 Å². The Morgan fingerprint density at radius 3 is 1.31 bits per heavy atom. The third-order valence-electron chi connectivity index (χ3n) is 3.28. The molecular weight excluding hydrogens is 412 g/mol. The van der Waals surface area contributed by atoms with E-state index in [9.17, 15) is 0 Å². The minimum atomic E-state index is -2.75. The number of alkyl halides is 1. The summed E-state index contributed by atoms with van der Waals surface area (Å²) < 4.78 is 20.2. The zero-order valence-electron chi connectivity index (χ0n) is 18.0. The molecule has 0 fully saturated rings. The maximum atomic E-state index is 6.73. The monoisotopic (exact) mass is 448 g/mol. The van der Waals surface area contributed by atoms with Crippen molar-refractivity contribution >= 4 is 45.4 Å². The number of benzene rings is 1. The van der Waals surface area contributed by atoms with Gasteiger partial charge in [0.25, 0.3) is 0 Å². The van der Waals surface area contributed by atoms with Gasteiger partial charge in [0.1, 0.15) is 0 Å². The quantitative estimate of drug-likeness (QED) is 0.303. The van der Waals surface area contributed by atoms with Crippen molar-refractivity contribution in [3.05, 3.63) is 35.4 Å². The van der Waals surface area contributed by atoms with Crippen molar-refractivity contribution in [3.63, 3.8) is 0 Å². The molecule has 0 spiro atoms. The van der Waals surface area contributed by atoms with E-state index in [1.807, 2.05) is 0 Å². The van der Waals surface area contributed by atoms with Crippen molar-refractivity contribution < 1.29 is 12.3 Å². The van der Waals surface area contributed by atoms with Crippen LogP contribution in [-0.2, 0) is 24.6 Å². The van der Waals surface area contributed by atoms with Gasteiger partial charge >= 0.3 is 8.80 Å². The zero-order valence-corrected chi connectivity index (χ0v) is 22.8. The molecule has 0 amide bonds. The van der Waals surface area contributed by atoms with Gasteiger partial charge in [0.15, 0.2) is 25.0 Å². The van der Waals surface area contributed by atoms with Crippen LogP contribution in [0.2, 0.25) is 65.0 Å². The van der Waals surface area contributed by atoms with Gasteiger partial charge in [-0.25, -0.2) is 0 Å². The van der Waals surface area contributed by atoms with Crippen LogP contribution in [0.5, 0.6) is 0 Å². The highest BCUT2D eigenvalue weighted by atomic mass is 35.5. The summed E-state index contributed by atoms with van der Waals surface area (Å²) in [5.74, 6) is 0.551. The summed E-state index contributed by atoms with van der Waals surface area (Å²) in [7, 11) is -8.17. The molecule has 0 bridgehead atoms. The van der Waals surface area contributed by atoms with Gasteiger partial charge in [-0.15, -0.1) is 11.6 Å². The number of aryl methyl sites for hydroxylation is 1. The van der Waals surface area contributed by atoms with Crippen LogP contribution in [0.3, 0.4) is 0 Å². The molecule has 0 aliphatic heterocycles. The lowest BCUT2D eigenvalue weighted by Gasteiger charge is -2.43. The Kier molecular flexibility index (Phi) is 8.57. The summed E-state index contributed by atoms with van der Waals surface area (Å²) in [6.45, 7) is 20.0. The molecule has 0 saturated carbocycles. The second-order valence-electron chi connectivity index (χ2n) is 9.78. The van der Waals surface area contributed by atoms with E-state index >= 15 is 0 Å². The van der Waals surface area contributed by atoms with Gasteiger partial charge < -0.3 is 12.3 Å². The third kappa shape index (κ3) is 9.98. The number of rotatable bonds is 10. The van der Waals surface area contributed by atoms with E-state index in [1.54, 1.807) is 0 Å². The lowest BCUT2D eigenvalue weighted by molar-refractivity contribution is 0.252. The van der Waals surface area contributed by atoms with E-state index < -0.39 is 33.8 Å². The molecule has 0 heterocycles. The Balaban J connectivity index is 3.12. The smallest absolute Gasteiger partial charge is 0.417 e. The number of hydrogen-bond donors (Lipinski definition) is 0. The normalized spacial score (nSPS) is 13.9. The Labute approximate surface area is 170 Å². The Morgan fingerprint density at radius 1 is 0.654 bits per heavy atom. The van der Waals surface area contributed by atoms with Gasteiger partial charge in [-0.2, -0.15) is 0 Å². The molecule has 8 heteroatoms. The second-order valence-corrected chi connectivity index (χ2v) is 27.0. The van der Waals surface area contributed by atoms with Gasteiger partial charge in [-0.05, 0) is 76.5 Å².